The Bertz CT molecular complexity index is 740. The number of rotatable bonds is 4. The Balaban J connectivity index is 1.66. The van der Waals surface area contributed by atoms with E-state index in [1.54, 1.807) is 0 Å². The average molecular weight is 376 g/mol. The molecule has 4 aliphatic carbocycles. The van der Waals surface area contributed by atoms with E-state index in [0.29, 0.717) is 18.8 Å². The lowest BCUT2D eigenvalue weighted by Gasteiger charge is -2.62. The second-order valence-electron chi connectivity index (χ2n) is 9.98. The van der Waals surface area contributed by atoms with Gasteiger partial charge in [0.05, 0.1) is 6.61 Å². The molecule has 2 atom stereocenters. The molecule has 0 saturated heterocycles. The van der Waals surface area contributed by atoms with Crippen LogP contribution in [0.1, 0.15) is 67.7 Å². The first-order chi connectivity index (χ1) is 12.5. The van der Waals surface area contributed by atoms with E-state index in [9.17, 15) is 13.6 Å². The van der Waals surface area contributed by atoms with Gasteiger partial charge in [0.25, 0.3) is 0 Å². The fourth-order valence-electron chi connectivity index (χ4n) is 7.28. The van der Waals surface area contributed by atoms with Crippen LogP contribution in [0.4, 0.5) is 8.78 Å². The van der Waals surface area contributed by atoms with Gasteiger partial charge >= 0.3 is 11.9 Å². The van der Waals surface area contributed by atoms with Crippen LogP contribution in [0.3, 0.4) is 0 Å². The van der Waals surface area contributed by atoms with E-state index in [1.807, 2.05) is 0 Å². The Morgan fingerprint density at radius 1 is 1.11 bits per heavy atom. The van der Waals surface area contributed by atoms with Crippen molar-refractivity contribution in [3.05, 3.63) is 34.4 Å². The molecular weight excluding hydrogens is 346 g/mol. The van der Waals surface area contributed by atoms with Crippen LogP contribution < -0.4 is 0 Å². The maximum Gasteiger partial charge on any atom is 0.376 e. The van der Waals surface area contributed by atoms with Gasteiger partial charge in [-0.2, -0.15) is 8.78 Å². The van der Waals surface area contributed by atoms with E-state index in [2.05, 4.69) is 32.9 Å². The molecule has 5 rings (SSSR count). The zero-order valence-electron chi connectivity index (χ0n) is 16.8. The third-order valence-electron chi connectivity index (χ3n) is 7.26. The van der Waals surface area contributed by atoms with Crippen molar-refractivity contribution in [2.45, 2.75) is 77.6 Å². The predicted molar refractivity (Wildman–Crippen MR) is 101 cm³/mol. The molecule has 27 heavy (non-hydrogen) atoms. The highest BCUT2D eigenvalue weighted by atomic mass is 19.3. The highest BCUT2D eigenvalue weighted by Crippen LogP contribution is 2.66. The highest BCUT2D eigenvalue weighted by Gasteiger charge is 2.59. The standard InChI is InChI=1S/C23H30F2O2/c1-14-5-15(2)19(16(3)6-14)23-10-17-7-18(11-23)9-22(8-17,12-23)13-27-20(26)21(4,24)25/h5-6,17-18H,7-13H2,1-4H3. The fourth-order valence-corrected chi connectivity index (χ4v) is 7.28. The van der Waals surface area contributed by atoms with Crippen LogP contribution in [0.25, 0.3) is 0 Å². The Hall–Kier alpha value is -1.45. The summed E-state index contributed by atoms with van der Waals surface area (Å²) in [6, 6.07) is 4.54. The zero-order valence-corrected chi connectivity index (χ0v) is 16.8. The first kappa shape index (κ1) is 18.9. The van der Waals surface area contributed by atoms with Gasteiger partial charge in [0, 0.05) is 12.3 Å². The van der Waals surface area contributed by atoms with Gasteiger partial charge in [-0.05, 0) is 93.2 Å². The van der Waals surface area contributed by atoms with E-state index in [-0.39, 0.29) is 17.4 Å². The molecule has 0 N–H and O–H groups in total. The molecule has 0 radical (unpaired) electrons. The molecule has 1 aromatic carbocycles. The number of carbonyl (C=O) groups excluding carboxylic acids is 1. The van der Waals surface area contributed by atoms with Crippen LogP contribution in [-0.4, -0.2) is 18.5 Å². The number of benzene rings is 1. The molecule has 4 heteroatoms. The number of alkyl halides is 2. The summed E-state index contributed by atoms with van der Waals surface area (Å²) in [6.45, 7) is 7.31. The number of halogens is 2. The van der Waals surface area contributed by atoms with E-state index in [1.165, 1.54) is 41.5 Å². The molecule has 4 saturated carbocycles. The summed E-state index contributed by atoms with van der Waals surface area (Å²) >= 11 is 0. The molecule has 0 amide bonds. The third kappa shape index (κ3) is 3.19. The lowest BCUT2D eigenvalue weighted by molar-refractivity contribution is -0.180. The van der Waals surface area contributed by atoms with Gasteiger partial charge in [-0.25, -0.2) is 4.79 Å². The SMILES string of the molecule is Cc1cc(C)c(C23CC4CC(CC(COC(=O)C(C)(F)F)(C4)C2)C3)c(C)c1. The maximum absolute atomic E-state index is 13.3. The first-order valence-corrected chi connectivity index (χ1v) is 10.2. The number of aryl methyl sites for hydroxylation is 3. The van der Waals surface area contributed by atoms with Crippen LogP contribution >= 0.6 is 0 Å². The van der Waals surface area contributed by atoms with Gasteiger partial charge in [-0.1, -0.05) is 17.7 Å². The fraction of sp³-hybridized carbons (Fsp3) is 0.696. The lowest BCUT2D eigenvalue weighted by Crippen LogP contribution is -2.56. The van der Waals surface area contributed by atoms with Gasteiger partial charge in [0.1, 0.15) is 0 Å². The van der Waals surface area contributed by atoms with Crippen LogP contribution in [0, 0.1) is 38.0 Å². The molecule has 1 aromatic rings. The molecule has 0 heterocycles. The summed E-state index contributed by atoms with van der Waals surface area (Å²) in [5.74, 6) is -3.56. The first-order valence-electron chi connectivity index (χ1n) is 10.2. The minimum atomic E-state index is -3.41. The van der Waals surface area contributed by atoms with Gasteiger partial charge in [-0.15, -0.1) is 0 Å². The van der Waals surface area contributed by atoms with E-state index in [0.717, 1.165) is 19.3 Å². The highest BCUT2D eigenvalue weighted by molar-refractivity contribution is 5.76. The van der Waals surface area contributed by atoms with Crippen molar-refractivity contribution >= 4 is 5.97 Å². The normalized spacial score (nSPS) is 34.7. The van der Waals surface area contributed by atoms with E-state index < -0.39 is 11.9 Å². The molecule has 0 aliphatic heterocycles. The average Bonchev–Trinajstić information content (AvgIpc) is 2.49. The Morgan fingerprint density at radius 2 is 1.67 bits per heavy atom. The van der Waals surface area contributed by atoms with Crippen LogP contribution in [0.5, 0.6) is 0 Å². The Morgan fingerprint density at radius 3 is 2.19 bits per heavy atom. The lowest BCUT2D eigenvalue weighted by atomic mass is 9.42. The summed E-state index contributed by atoms with van der Waals surface area (Å²) in [5, 5.41) is 0. The van der Waals surface area contributed by atoms with Gasteiger partial charge < -0.3 is 4.74 Å². The Kier molecular flexibility index (Phi) is 4.21. The van der Waals surface area contributed by atoms with Crippen LogP contribution in [-0.2, 0) is 14.9 Å². The van der Waals surface area contributed by atoms with Gasteiger partial charge in [-0.3, -0.25) is 0 Å². The summed E-state index contributed by atoms with van der Waals surface area (Å²) in [4.78, 5) is 11.7. The summed E-state index contributed by atoms with van der Waals surface area (Å²) < 4.78 is 31.7. The molecule has 0 aromatic heterocycles. The minimum Gasteiger partial charge on any atom is -0.461 e. The number of hydrogen-bond acceptors (Lipinski definition) is 2. The third-order valence-corrected chi connectivity index (χ3v) is 7.26. The second kappa shape index (κ2) is 6.02. The largest absolute Gasteiger partial charge is 0.461 e. The van der Waals surface area contributed by atoms with Crippen molar-refractivity contribution in [3.8, 4) is 0 Å². The molecule has 2 unspecified atom stereocenters. The van der Waals surface area contributed by atoms with E-state index >= 15 is 0 Å². The van der Waals surface area contributed by atoms with Crippen molar-refractivity contribution in [3.63, 3.8) is 0 Å². The van der Waals surface area contributed by atoms with Crippen molar-refractivity contribution in [2.75, 3.05) is 6.61 Å². The predicted octanol–water partition coefficient (Wildman–Crippen LogP) is 5.65. The summed E-state index contributed by atoms with van der Waals surface area (Å²) in [7, 11) is 0. The molecule has 0 spiro atoms. The molecule has 2 nitrogen and oxygen atoms in total. The number of ether oxygens (including phenoxy) is 1. The zero-order chi connectivity index (χ0) is 19.6. The topological polar surface area (TPSA) is 26.3 Å². The Labute approximate surface area is 160 Å². The van der Waals surface area contributed by atoms with Gasteiger partial charge in [0.15, 0.2) is 0 Å². The smallest absolute Gasteiger partial charge is 0.376 e. The quantitative estimate of drug-likeness (QED) is 0.635. The number of esters is 1. The van der Waals surface area contributed by atoms with Crippen molar-refractivity contribution < 1.29 is 18.3 Å². The molecule has 148 valence electrons. The van der Waals surface area contributed by atoms with Crippen molar-refractivity contribution in [1.82, 2.24) is 0 Å². The maximum atomic E-state index is 13.3. The van der Waals surface area contributed by atoms with Gasteiger partial charge in [0.2, 0.25) is 0 Å². The van der Waals surface area contributed by atoms with E-state index in [4.69, 9.17) is 4.74 Å². The number of hydrogen-bond donors (Lipinski definition) is 0. The van der Waals surface area contributed by atoms with Crippen LogP contribution in [0.15, 0.2) is 12.1 Å². The molecule has 4 bridgehead atoms. The summed E-state index contributed by atoms with van der Waals surface area (Å²) in [6.07, 6.45) is 6.60. The second-order valence-corrected chi connectivity index (χ2v) is 9.98. The molecule has 4 aliphatic rings. The summed E-state index contributed by atoms with van der Waals surface area (Å²) in [5.41, 5.74) is 5.44. The molecular formula is C23H30F2O2. The molecule has 4 fully saturated rings. The van der Waals surface area contributed by atoms with Crippen LogP contribution in [0.2, 0.25) is 0 Å². The monoisotopic (exact) mass is 376 g/mol. The van der Waals surface area contributed by atoms with Crippen molar-refractivity contribution in [1.29, 1.82) is 0 Å². The van der Waals surface area contributed by atoms with Crippen molar-refractivity contribution in [2.24, 2.45) is 17.3 Å². The number of carbonyl (C=O) groups is 1. The minimum absolute atomic E-state index is 0.118.